The molecular formula is C10H14N4OS. The molecule has 16 heavy (non-hydrogen) atoms. The van der Waals surface area contributed by atoms with Gasteiger partial charge >= 0.3 is 0 Å². The van der Waals surface area contributed by atoms with Gasteiger partial charge in [0.2, 0.25) is 0 Å². The number of hydrogen-bond acceptors (Lipinski definition) is 5. The highest BCUT2D eigenvalue weighted by atomic mass is 32.2. The molecule has 0 atom stereocenters. The minimum atomic E-state index is 0.770. The quantitative estimate of drug-likeness (QED) is 0.607. The SMILES string of the molecule is Cn1ncnc1SCCNCc1ccco1. The number of furan rings is 1. The molecule has 0 aromatic carbocycles. The molecule has 0 saturated carbocycles. The van der Waals surface area contributed by atoms with Crippen LogP contribution in [0.2, 0.25) is 0 Å². The summed E-state index contributed by atoms with van der Waals surface area (Å²) in [6, 6.07) is 3.86. The number of aromatic nitrogens is 3. The molecule has 0 bridgehead atoms. The first-order valence-electron chi connectivity index (χ1n) is 5.06. The van der Waals surface area contributed by atoms with Crippen molar-refractivity contribution in [3.63, 3.8) is 0 Å². The predicted molar refractivity (Wildman–Crippen MR) is 62.1 cm³/mol. The molecule has 6 heteroatoms. The third-order valence-electron chi connectivity index (χ3n) is 2.06. The zero-order chi connectivity index (χ0) is 11.2. The van der Waals surface area contributed by atoms with Crippen molar-refractivity contribution >= 4 is 11.8 Å². The lowest BCUT2D eigenvalue weighted by molar-refractivity contribution is 0.488. The molecule has 0 aliphatic heterocycles. The molecule has 2 rings (SSSR count). The molecule has 0 unspecified atom stereocenters. The lowest BCUT2D eigenvalue weighted by atomic mass is 10.4. The van der Waals surface area contributed by atoms with Gasteiger partial charge in [0.25, 0.3) is 0 Å². The van der Waals surface area contributed by atoms with Crippen molar-refractivity contribution in [1.82, 2.24) is 20.1 Å². The topological polar surface area (TPSA) is 55.9 Å². The molecule has 0 amide bonds. The second-order valence-corrected chi connectivity index (χ2v) is 4.33. The van der Waals surface area contributed by atoms with Gasteiger partial charge in [-0.15, -0.1) is 0 Å². The molecule has 1 N–H and O–H groups in total. The van der Waals surface area contributed by atoms with Gasteiger partial charge in [0.15, 0.2) is 5.16 Å². The highest BCUT2D eigenvalue weighted by molar-refractivity contribution is 7.99. The van der Waals surface area contributed by atoms with Gasteiger partial charge in [0.1, 0.15) is 12.1 Å². The van der Waals surface area contributed by atoms with Crippen molar-refractivity contribution in [2.45, 2.75) is 11.7 Å². The van der Waals surface area contributed by atoms with Gasteiger partial charge in [-0.1, -0.05) is 11.8 Å². The van der Waals surface area contributed by atoms with Gasteiger partial charge in [-0.2, -0.15) is 5.10 Å². The number of thioether (sulfide) groups is 1. The fourth-order valence-corrected chi connectivity index (χ4v) is 2.04. The van der Waals surface area contributed by atoms with Crippen molar-refractivity contribution in [3.8, 4) is 0 Å². The van der Waals surface area contributed by atoms with E-state index >= 15 is 0 Å². The van der Waals surface area contributed by atoms with Crippen LogP contribution < -0.4 is 5.32 Å². The van der Waals surface area contributed by atoms with Gasteiger partial charge in [0.05, 0.1) is 12.8 Å². The third-order valence-corrected chi connectivity index (χ3v) is 3.10. The van der Waals surface area contributed by atoms with Crippen LogP contribution in [0.25, 0.3) is 0 Å². The number of nitrogens with one attached hydrogen (secondary N) is 1. The molecule has 0 saturated heterocycles. The zero-order valence-electron chi connectivity index (χ0n) is 9.09. The predicted octanol–water partition coefficient (Wildman–Crippen LogP) is 1.29. The van der Waals surface area contributed by atoms with E-state index in [0.29, 0.717) is 0 Å². The lowest BCUT2D eigenvalue weighted by Gasteiger charge is -2.02. The second-order valence-electron chi connectivity index (χ2n) is 3.27. The Kier molecular flexibility index (Phi) is 4.01. The Bertz CT molecular complexity index is 412. The van der Waals surface area contributed by atoms with Crippen molar-refractivity contribution < 1.29 is 4.42 Å². The van der Waals surface area contributed by atoms with Crippen LogP contribution in [0.15, 0.2) is 34.3 Å². The van der Waals surface area contributed by atoms with Crippen LogP contribution in [0.4, 0.5) is 0 Å². The first kappa shape index (κ1) is 11.2. The van der Waals surface area contributed by atoms with Crippen molar-refractivity contribution in [2.24, 2.45) is 7.05 Å². The van der Waals surface area contributed by atoms with Gasteiger partial charge in [0, 0.05) is 19.3 Å². The van der Waals surface area contributed by atoms with Gasteiger partial charge < -0.3 is 9.73 Å². The normalized spacial score (nSPS) is 10.8. The summed E-state index contributed by atoms with van der Waals surface area (Å²) in [5.41, 5.74) is 0. The van der Waals surface area contributed by atoms with Crippen LogP contribution in [0.1, 0.15) is 5.76 Å². The van der Waals surface area contributed by atoms with Gasteiger partial charge in [-0.25, -0.2) is 9.67 Å². The van der Waals surface area contributed by atoms with Crippen LogP contribution in [-0.2, 0) is 13.6 Å². The number of aryl methyl sites for hydroxylation is 1. The molecule has 0 aliphatic rings. The second kappa shape index (κ2) is 5.72. The molecule has 2 aromatic heterocycles. The summed E-state index contributed by atoms with van der Waals surface area (Å²) in [5.74, 6) is 1.93. The Morgan fingerprint density at radius 1 is 1.56 bits per heavy atom. The van der Waals surface area contributed by atoms with Crippen LogP contribution in [0.5, 0.6) is 0 Å². The summed E-state index contributed by atoms with van der Waals surface area (Å²) >= 11 is 1.69. The van der Waals surface area contributed by atoms with E-state index in [2.05, 4.69) is 15.4 Å². The van der Waals surface area contributed by atoms with Crippen molar-refractivity contribution in [2.75, 3.05) is 12.3 Å². The first-order chi connectivity index (χ1) is 7.86. The van der Waals surface area contributed by atoms with Crippen LogP contribution in [-0.4, -0.2) is 27.1 Å². The van der Waals surface area contributed by atoms with E-state index in [9.17, 15) is 0 Å². The van der Waals surface area contributed by atoms with Crippen LogP contribution in [0.3, 0.4) is 0 Å². The lowest BCUT2D eigenvalue weighted by Crippen LogP contribution is -2.16. The molecule has 86 valence electrons. The summed E-state index contributed by atoms with van der Waals surface area (Å²) in [5, 5.41) is 8.25. The van der Waals surface area contributed by atoms with Crippen molar-refractivity contribution in [1.29, 1.82) is 0 Å². The standard InChI is InChI=1S/C10H14N4OS/c1-14-10(12-8-13-14)16-6-4-11-7-9-3-2-5-15-9/h2-3,5,8,11H,4,6-7H2,1H3. The van der Waals surface area contributed by atoms with E-state index in [0.717, 1.165) is 29.8 Å². The summed E-state index contributed by atoms with van der Waals surface area (Å²) in [7, 11) is 1.89. The van der Waals surface area contributed by atoms with Crippen molar-refractivity contribution in [3.05, 3.63) is 30.5 Å². The largest absolute Gasteiger partial charge is 0.468 e. The van der Waals surface area contributed by atoms with E-state index in [1.54, 1.807) is 29.0 Å². The highest BCUT2D eigenvalue weighted by Crippen LogP contribution is 2.11. The third kappa shape index (κ3) is 3.11. The molecule has 2 heterocycles. The molecule has 5 nitrogen and oxygen atoms in total. The maximum atomic E-state index is 5.21. The molecule has 2 aromatic rings. The summed E-state index contributed by atoms with van der Waals surface area (Å²) in [6.07, 6.45) is 3.25. The minimum absolute atomic E-state index is 0.770. The maximum Gasteiger partial charge on any atom is 0.185 e. The van der Waals surface area contributed by atoms with Crippen LogP contribution in [0, 0.1) is 0 Å². The van der Waals surface area contributed by atoms with E-state index in [1.165, 1.54) is 0 Å². The maximum absolute atomic E-state index is 5.21. The van der Waals surface area contributed by atoms with E-state index < -0.39 is 0 Å². The minimum Gasteiger partial charge on any atom is -0.468 e. The molecule has 0 radical (unpaired) electrons. The average Bonchev–Trinajstić information content (AvgIpc) is 2.90. The van der Waals surface area contributed by atoms with Gasteiger partial charge in [-0.3, -0.25) is 0 Å². The Balaban J connectivity index is 1.61. The Morgan fingerprint density at radius 3 is 3.19 bits per heavy atom. The average molecular weight is 238 g/mol. The Labute approximate surface area is 98.2 Å². The Morgan fingerprint density at radius 2 is 2.50 bits per heavy atom. The summed E-state index contributed by atoms with van der Waals surface area (Å²) in [4.78, 5) is 4.13. The van der Waals surface area contributed by atoms with Gasteiger partial charge in [-0.05, 0) is 12.1 Å². The molecule has 0 fully saturated rings. The fraction of sp³-hybridized carbons (Fsp3) is 0.400. The first-order valence-corrected chi connectivity index (χ1v) is 6.05. The number of rotatable bonds is 6. The van der Waals surface area contributed by atoms with E-state index in [4.69, 9.17) is 4.42 Å². The molecule has 0 spiro atoms. The van der Waals surface area contributed by atoms with E-state index in [1.807, 2.05) is 19.2 Å². The molecular weight excluding hydrogens is 224 g/mol. The fourth-order valence-electron chi connectivity index (χ4n) is 1.26. The number of hydrogen-bond donors (Lipinski definition) is 1. The Hall–Kier alpha value is -1.27. The smallest absolute Gasteiger partial charge is 0.185 e. The van der Waals surface area contributed by atoms with Crippen LogP contribution >= 0.6 is 11.8 Å². The summed E-state index contributed by atoms with van der Waals surface area (Å²) < 4.78 is 6.98. The zero-order valence-corrected chi connectivity index (χ0v) is 9.91. The molecule has 0 aliphatic carbocycles. The van der Waals surface area contributed by atoms with E-state index in [-0.39, 0.29) is 0 Å². The summed E-state index contributed by atoms with van der Waals surface area (Å²) in [6.45, 7) is 1.69. The monoisotopic (exact) mass is 238 g/mol. The highest BCUT2D eigenvalue weighted by Gasteiger charge is 2.00. The number of nitrogens with zero attached hydrogens (tertiary/aromatic N) is 3.